The average Bonchev–Trinajstić information content (AvgIpc) is 3.51. The Balaban J connectivity index is 1.73. The maximum absolute atomic E-state index is 13.2. The van der Waals surface area contributed by atoms with Gasteiger partial charge in [0, 0.05) is 16.0 Å². The lowest BCUT2D eigenvalue weighted by atomic mass is 9.85. The van der Waals surface area contributed by atoms with Crippen LogP contribution in [-0.2, 0) is 15.6 Å². The minimum absolute atomic E-state index is 0.117. The van der Waals surface area contributed by atoms with Gasteiger partial charge in [0.15, 0.2) is 5.82 Å². The Morgan fingerprint density at radius 2 is 1.96 bits per heavy atom. The third kappa shape index (κ3) is 3.26. The highest BCUT2D eigenvalue weighted by atomic mass is 79.9. The van der Waals surface area contributed by atoms with Gasteiger partial charge in [0.25, 0.3) is 0 Å². The highest BCUT2D eigenvalue weighted by Crippen LogP contribution is 2.51. The van der Waals surface area contributed by atoms with Gasteiger partial charge < -0.3 is 10.4 Å². The van der Waals surface area contributed by atoms with E-state index in [4.69, 9.17) is 0 Å². The fourth-order valence-corrected chi connectivity index (χ4v) is 4.32. The lowest BCUT2D eigenvalue weighted by Gasteiger charge is -2.22. The van der Waals surface area contributed by atoms with Crippen molar-refractivity contribution in [3.05, 3.63) is 45.6 Å². The predicted molar refractivity (Wildman–Crippen MR) is 110 cm³/mol. The average molecular weight is 446 g/mol. The van der Waals surface area contributed by atoms with Gasteiger partial charge in [-0.1, -0.05) is 48.8 Å². The summed E-state index contributed by atoms with van der Waals surface area (Å²) in [5.41, 5.74) is 1.63. The molecule has 2 aliphatic rings. The second-order valence-electron chi connectivity index (χ2n) is 8.87. The first kappa shape index (κ1) is 19.2. The first-order valence-electron chi connectivity index (χ1n) is 9.58. The van der Waals surface area contributed by atoms with Gasteiger partial charge in [0.2, 0.25) is 5.91 Å². The van der Waals surface area contributed by atoms with Gasteiger partial charge in [-0.2, -0.15) is 4.68 Å². The number of hydrogen-bond donors (Lipinski definition) is 2. The Morgan fingerprint density at radius 3 is 2.46 bits per heavy atom. The number of carbonyl (C=O) groups excluding carboxylic acids is 1. The third-order valence-electron chi connectivity index (χ3n) is 5.61. The molecule has 6 nitrogen and oxygen atoms in total. The SMILES string of the molecule is CC(C)(C)c1c(NC(=O)C2(c3cccc(Br)c3)CC2)nn(C(=O)O)c1C1CC1. The number of anilines is 1. The molecule has 28 heavy (non-hydrogen) atoms. The number of aromatic nitrogens is 2. The second-order valence-corrected chi connectivity index (χ2v) is 9.79. The van der Waals surface area contributed by atoms with Crippen molar-refractivity contribution < 1.29 is 14.7 Å². The summed E-state index contributed by atoms with van der Waals surface area (Å²) < 4.78 is 2.00. The van der Waals surface area contributed by atoms with Gasteiger partial charge in [0.05, 0.1) is 11.1 Å². The summed E-state index contributed by atoms with van der Waals surface area (Å²) in [7, 11) is 0. The predicted octanol–water partition coefficient (Wildman–Crippen LogP) is 5.02. The minimum atomic E-state index is -1.11. The van der Waals surface area contributed by atoms with Crippen molar-refractivity contribution in [2.24, 2.45) is 0 Å². The van der Waals surface area contributed by atoms with Gasteiger partial charge >= 0.3 is 6.09 Å². The highest BCUT2D eigenvalue weighted by molar-refractivity contribution is 9.10. The van der Waals surface area contributed by atoms with E-state index in [9.17, 15) is 14.7 Å². The smallest absolute Gasteiger partial charge is 0.432 e. The summed E-state index contributed by atoms with van der Waals surface area (Å²) >= 11 is 3.48. The number of hydrogen-bond acceptors (Lipinski definition) is 3. The quantitative estimate of drug-likeness (QED) is 0.691. The molecule has 2 fully saturated rings. The van der Waals surface area contributed by atoms with Crippen LogP contribution in [0.4, 0.5) is 10.6 Å². The molecular weight excluding hydrogens is 422 g/mol. The van der Waals surface area contributed by atoms with Gasteiger partial charge in [0.1, 0.15) is 0 Å². The van der Waals surface area contributed by atoms with E-state index >= 15 is 0 Å². The Kier molecular flexibility index (Phi) is 4.41. The van der Waals surface area contributed by atoms with Crippen LogP contribution >= 0.6 is 15.9 Å². The first-order chi connectivity index (χ1) is 13.1. The maximum atomic E-state index is 13.2. The number of amides is 1. The molecule has 0 radical (unpaired) electrons. The maximum Gasteiger partial charge on any atom is 0.432 e. The number of carboxylic acid groups (broad SMARTS) is 1. The molecule has 148 valence electrons. The Hall–Kier alpha value is -2.15. The molecule has 4 rings (SSSR count). The lowest BCUT2D eigenvalue weighted by Crippen LogP contribution is -2.29. The zero-order valence-corrected chi connectivity index (χ0v) is 17.8. The van der Waals surface area contributed by atoms with Crippen molar-refractivity contribution in [3.63, 3.8) is 0 Å². The molecule has 0 saturated heterocycles. The van der Waals surface area contributed by atoms with E-state index < -0.39 is 11.5 Å². The molecule has 0 aliphatic heterocycles. The Morgan fingerprint density at radius 1 is 1.29 bits per heavy atom. The number of carbonyl (C=O) groups is 2. The summed E-state index contributed by atoms with van der Waals surface area (Å²) in [6.07, 6.45) is 2.35. The van der Waals surface area contributed by atoms with Crippen LogP contribution in [0, 0.1) is 0 Å². The minimum Gasteiger partial charge on any atom is -0.463 e. The molecule has 2 aliphatic carbocycles. The molecule has 7 heteroatoms. The first-order valence-corrected chi connectivity index (χ1v) is 10.4. The lowest BCUT2D eigenvalue weighted by molar-refractivity contribution is -0.118. The van der Waals surface area contributed by atoms with Crippen LogP contribution in [0.25, 0.3) is 0 Å². The zero-order chi connectivity index (χ0) is 20.3. The van der Waals surface area contributed by atoms with Crippen molar-refractivity contribution >= 4 is 33.7 Å². The van der Waals surface area contributed by atoms with Gasteiger partial charge in [-0.25, -0.2) is 4.79 Å². The van der Waals surface area contributed by atoms with Crippen LogP contribution in [0.2, 0.25) is 0 Å². The van der Waals surface area contributed by atoms with Crippen molar-refractivity contribution in [1.29, 1.82) is 0 Å². The molecule has 1 aromatic carbocycles. The molecule has 2 aromatic rings. The summed E-state index contributed by atoms with van der Waals surface area (Å²) in [5, 5.41) is 16.9. The Bertz CT molecular complexity index is 966. The Labute approximate surface area is 172 Å². The van der Waals surface area contributed by atoms with E-state index in [1.165, 1.54) is 0 Å². The largest absolute Gasteiger partial charge is 0.463 e. The van der Waals surface area contributed by atoms with Gasteiger partial charge in [-0.3, -0.25) is 4.79 Å². The van der Waals surface area contributed by atoms with Crippen molar-refractivity contribution in [3.8, 4) is 0 Å². The molecule has 1 amide bonds. The van der Waals surface area contributed by atoms with Crippen LogP contribution in [0.5, 0.6) is 0 Å². The zero-order valence-electron chi connectivity index (χ0n) is 16.3. The molecule has 1 heterocycles. The molecule has 2 N–H and O–H groups in total. The fourth-order valence-electron chi connectivity index (χ4n) is 3.92. The summed E-state index contributed by atoms with van der Waals surface area (Å²) in [4.78, 5) is 25.0. The van der Waals surface area contributed by atoms with Crippen LogP contribution in [0.15, 0.2) is 28.7 Å². The van der Waals surface area contributed by atoms with E-state index in [2.05, 4.69) is 26.3 Å². The molecule has 0 bridgehead atoms. The number of nitrogens with zero attached hydrogens (tertiary/aromatic N) is 2. The fraction of sp³-hybridized carbons (Fsp3) is 0.476. The van der Waals surface area contributed by atoms with Crippen LogP contribution in [-0.4, -0.2) is 26.9 Å². The van der Waals surface area contributed by atoms with Crippen molar-refractivity contribution in [2.45, 2.75) is 63.2 Å². The van der Waals surface area contributed by atoms with E-state index in [1.807, 2.05) is 45.0 Å². The third-order valence-corrected chi connectivity index (χ3v) is 6.10. The van der Waals surface area contributed by atoms with Gasteiger partial charge in [-0.05, 0) is 48.8 Å². The molecule has 0 unspecified atom stereocenters. The summed E-state index contributed by atoms with van der Waals surface area (Å²) in [6.45, 7) is 6.08. The number of halogens is 1. The van der Waals surface area contributed by atoms with Gasteiger partial charge in [-0.15, -0.1) is 5.10 Å². The molecule has 0 spiro atoms. The van der Waals surface area contributed by atoms with Crippen molar-refractivity contribution in [2.75, 3.05) is 5.32 Å². The summed E-state index contributed by atoms with van der Waals surface area (Å²) in [5.74, 6) is 0.458. The van der Waals surface area contributed by atoms with Crippen molar-refractivity contribution in [1.82, 2.24) is 9.78 Å². The van der Waals surface area contributed by atoms with E-state index in [1.54, 1.807) is 0 Å². The number of rotatable bonds is 4. The van der Waals surface area contributed by atoms with Crippen LogP contribution < -0.4 is 5.32 Å². The second kappa shape index (κ2) is 6.44. The van der Waals surface area contributed by atoms with E-state index in [0.717, 1.165) is 51.7 Å². The van der Waals surface area contributed by atoms with E-state index in [0.29, 0.717) is 5.82 Å². The van der Waals surface area contributed by atoms with Crippen LogP contribution in [0.1, 0.15) is 69.2 Å². The standard InChI is InChI=1S/C21H24BrN3O3/c1-20(2,3)15-16(12-7-8-12)25(19(27)28)24-17(15)23-18(26)21(9-10-21)13-5-4-6-14(22)11-13/h4-6,11-12H,7-10H2,1-3H3,(H,27,28)(H,23,24,26). The molecular formula is C21H24BrN3O3. The molecule has 0 atom stereocenters. The van der Waals surface area contributed by atoms with E-state index in [-0.39, 0.29) is 17.2 Å². The normalized spacial score (nSPS) is 18.0. The summed E-state index contributed by atoms with van der Waals surface area (Å²) in [6, 6.07) is 7.81. The monoisotopic (exact) mass is 445 g/mol. The molecule has 2 saturated carbocycles. The number of nitrogens with one attached hydrogen (secondary N) is 1. The molecule has 1 aromatic heterocycles. The van der Waals surface area contributed by atoms with Crippen LogP contribution in [0.3, 0.4) is 0 Å². The number of benzene rings is 1. The highest BCUT2D eigenvalue weighted by Gasteiger charge is 2.52. The topological polar surface area (TPSA) is 84.2 Å².